The Balaban J connectivity index is 1.52. The molecule has 0 N–H and O–H groups in total. The van der Waals surface area contributed by atoms with Gasteiger partial charge in [-0.15, -0.1) is 0 Å². The van der Waals surface area contributed by atoms with E-state index in [1.807, 2.05) is 6.07 Å². The van der Waals surface area contributed by atoms with E-state index in [2.05, 4.69) is 19.9 Å². The van der Waals surface area contributed by atoms with Gasteiger partial charge in [-0.2, -0.15) is 0 Å². The standard InChI is InChI=1S/C23H33F/c1-3-16-5-7-20-13-21(14-23(24)22(20)11-16)19-9-8-17-10-15(2)4-6-18(17)12-19/h13-19H,3-12H2,1-2H3. The second-order valence-corrected chi connectivity index (χ2v) is 9.11. The Hall–Kier alpha value is -0.850. The number of rotatable bonds is 2. The van der Waals surface area contributed by atoms with E-state index in [1.54, 1.807) is 0 Å². The number of hydrogen-bond donors (Lipinski definition) is 0. The van der Waals surface area contributed by atoms with Crippen molar-refractivity contribution in [2.24, 2.45) is 23.7 Å². The molecule has 0 nitrogen and oxygen atoms in total. The summed E-state index contributed by atoms with van der Waals surface area (Å²) in [5.74, 6) is 4.19. The first-order valence-corrected chi connectivity index (χ1v) is 10.4. The van der Waals surface area contributed by atoms with Gasteiger partial charge >= 0.3 is 0 Å². The first-order chi connectivity index (χ1) is 11.6. The van der Waals surface area contributed by atoms with Gasteiger partial charge in [0, 0.05) is 0 Å². The molecule has 0 amide bonds. The van der Waals surface area contributed by atoms with Crippen molar-refractivity contribution in [1.29, 1.82) is 0 Å². The molecule has 0 saturated heterocycles. The van der Waals surface area contributed by atoms with E-state index in [4.69, 9.17) is 0 Å². The van der Waals surface area contributed by atoms with Crippen LogP contribution in [0.2, 0.25) is 0 Å². The molecule has 5 unspecified atom stereocenters. The molecule has 4 rings (SSSR count). The van der Waals surface area contributed by atoms with E-state index in [1.165, 1.54) is 62.5 Å². The highest BCUT2D eigenvalue weighted by atomic mass is 19.1. The molecular formula is C23H33F. The van der Waals surface area contributed by atoms with Crippen LogP contribution in [-0.4, -0.2) is 0 Å². The van der Waals surface area contributed by atoms with Crippen LogP contribution >= 0.6 is 0 Å². The Morgan fingerprint density at radius 2 is 1.79 bits per heavy atom. The molecule has 3 aliphatic rings. The van der Waals surface area contributed by atoms with Crippen LogP contribution in [0.25, 0.3) is 0 Å². The van der Waals surface area contributed by atoms with Gasteiger partial charge in [0.2, 0.25) is 0 Å². The first kappa shape index (κ1) is 16.6. The molecule has 3 aliphatic carbocycles. The van der Waals surface area contributed by atoms with Gasteiger partial charge in [-0.05, 0) is 104 Å². The van der Waals surface area contributed by atoms with Gasteiger partial charge in [-0.25, -0.2) is 4.39 Å². The Morgan fingerprint density at radius 1 is 1.00 bits per heavy atom. The molecule has 0 aliphatic heterocycles. The van der Waals surface area contributed by atoms with E-state index in [0.29, 0.717) is 11.8 Å². The Kier molecular flexibility index (Phi) is 4.71. The number of aryl methyl sites for hydroxylation is 1. The lowest BCUT2D eigenvalue weighted by molar-refractivity contribution is 0.124. The van der Waals surface area contributed by atoms with Crippen LogP contribution in [0, 0.1) is 29.5 Å². The lowest BCUT2D eigenvalue weighted by atomic mass is 9.64. The number of benzene rings is 1. The molecule has 0 radical (unpaired) electrons. The van der Waals surface area contributed by atoms with Crippen LogP contribution in [-0.2, 0) is 12.8 Å². The van der Waals surface area contributed by atoms with Crippen LogP contribution in [0.5, 0.6) is 0 Å². The highest BCUT2D eigenvalue weighted by Crippen LogP contribution is 2.48. The van der Waals surface area contributed by atoms with Gasteiger partial charge in [-0.3, -0.25) is 0 Å². The lowest BCUT2D eigenvalue weighted by Crippen LogP contribution is -2.29. The third-order valence-electron chi connectivity index (χ3n) is 7.55. The largest absolute Gasteiger partial charge is 0.207 e. The monoisotopic (exact) mass is 328 g/mol. The van der Waals surface area contributed by atoms with E-state index in [-0.39, 0.29) is 5.82 Å². The third kappa shape index (κ3) is 3.16. The van der Waals surface area contributed by atoms with Gasteiger partial charge in [-0.1, -0.05) is 32.8 Å². The predicted octanol–water partition coefficient (Wildman–Crippen LogP) is 6.66. The average molecular weight is 329 g/mol. The Morgan fingerprint density at radius 3 is 2.62 bits per heavy atom. The zero-order valence-corrected chi connectivity index (χ0v) is 15.5. The van der Waals surface area contributed by atoms with Crippen LogP contribution in [0.4, 0.5) is 4.39 Å². The highest BCUT2D eigenvalue weighted by Gasteiger charge is 2.35. The summed E-state index contributed by atoms with van der Waals surface area (Å²) in [6.07, 6.45) is 12.7. The number of fused-ring (bicyclic) bond motifs is 2. The minimum absolute atomic E-state index is 0.0973. The fourth-order valence-corrected chi connectivity index (χ4v) is 5.93. The summed E-state index contributed by atoms with van der Waals surface area (Å²) in [4.78, 5) is 0. The van der Waals surface area contributed by atoms with E-state index < -0.39 is 0 Å². The minimum Gasteiger partial charge on any atom is -0.207 e. The first-order valence-electron chi connectivity index (χ1n) is 10.4. The van der Waals surface area contributed by atoms with Crippen molar-refractivity contribution < 1.29 is 4.39 Å². The van der Waals surface area contributed by atoms with Crippen LogP contribution in [0.1, 0.15) is 87.8 Å². The fourth-order valence-electron chi connectivity index (χ4n) is 5.93. The lowest BCUT2D eigenvalue weighted by Gasteiger charge is -2.41. The van der Waals surface area contributed by atoms with Gasteiger partial charge in [0.15, 0.2) is 0 Å². The smallest absolute Gasteiger partial charge is 0.126 e. The number of hydrogen-bond acceptors (Lipinski definition) is 0. The van der Waals surface area contributed by atoms with Crippen LogP contribution < -0.4 is 0 Å². The molecule has 1 aromatic carbocycles. The maximum Gasteiger partial charge on any atom is 0.126 e. The summed E-state index contributed by atoms with van der Waals surface area (Å²) < 4.78 is 14.8. The van der Waals surface area contributed by atoms with Crippen molar-refractivity contribution >= 4 is 0 Å². The van der Waals surface area contributed by atoms with Crippen molar-refractivity contribution in [3.05, 3.63) is 34.6 Å². The molecule has 0 aromatic heterocycles. The molecule has 2 saturated carbocycles. The average Bonchev–Trinajstić information content (AvgIpc) is 2.61. The highest BCUT2D eigenvalue weighted by molar-refractivity contribution is 5.37. The van der Waals surface area contributed by atoms with Crippen molar-refractivity contribution in [3.8, 4) is 0 Å². The molecular weight excluding hydrogens is 295 g/mol. The Labute approximate surface area is 147 Å². The Bertz CT molecular complexity index is 590. The molecule has 132 valence electrons. The SMILES string of the molecule is CCC1CCc2cc(C3CCC4CC(C)CCC4C3)cc(F)c2C1. The van der Waals surface area contributed by atoms with Gasteiger partial charge < -0.3 is 0 Å². The van der Waals surface area contributed by atoms with E-state index in [9.17, 15) is 4.39 Å². The molecule has 2 fully saturated rings. The quantitative estimate of drug-likeness (QED) is 0.569. The molecule has 24 heavy (non-hydrogen) atoms. The maximum absolute atomic E-state index is 14.8. The predicted molar refractivity (Wildman–Crippen MR) is 98.8 cm³/mol. The van der Waals surface area contributed by atoms with Crippen molar-refractivity contribution in [1.82, 2.24) is 0 Å². The second-order valence-electron chi connectivity index (χ2n) is 9.11. The summed E-state index contributed by atoms with van der Waals surface area (Å²) in [5.41, 5.74) is 3.68. The minimum atomic E-state index is 0.0973. The molecule has 0 heterocycles. The maximum atomic E-state index is 14.8. The normalized spacial score (nSPS) is 36.0. The van der Waals surface area contributed by atoms with Gasteiger partial charge in [0.1, 0.15) is 5.82 Å². The number of halogens is 1. The third-order valence-corrected chi connectivity index (χ3v) is 7.55. The van der Waals surface area contributed by atoms with Crippen molar-refractivity contribution in [2.45, 2.75) is 84.0 Å². The van der Waals surface area contributed by atoms with E-state index >= 15 is 0 Å². The summed E-state index contributed by atoms with van der Waals surface area (Å²) in [7, 11) is 0. The zero-order valence-electron chi connectivity index (χ0n) is 15.5. The summed E-state index contributed by atoms with van der Waals surface area (Å²) in [6.45, 7) is 4.66. The summed E-state index contributed by atoms with van der Waals surface area (Å²) >= 11 is 0. The summed E-state index contributed by atoms with van der Waals surface area (Å²) in [5, 5.41) is 0. The molecule has 5 atom stereocenters. The fraction of sp³-hybridized carbons (Fsp3) is 0.739. The van der Waals surface area contributed by atoms with Gasteiger partial charge in [0.25, 0.3) is 0 Å². The second kappa shape index (κ2) is 6.81. The summed E-state index contributed by atoms with van der Waals surface area (Å²) in [6, 6.07) is 4.30. The van der Waals surface area contributed by atoms with Crippen molar-refractivity contribution in [3.63, 3.8) is 0 Å². The molecule has 1 heteroatoms. The molecule has 0 spiro atoms. The topological polar surface area (TPSA) is 0 Å². The van der Waals surface area contributed by atoms with Crippen LogP contribution in [0.15, 0.2) is 12.1 Å². The molecule has 0 bridgehead atoms. The molecule has 1 aromatic rings. The van der Waals surface area contributed by atoms with E-state index in [0.717, 1.165) is 36.2 Å². The van der Waals surface area contributed by atoms with Crippen LogP contribution in [0.3, 0.4) is 0 Å². The zero-order chi connectivity index (χ0) is 16.7. The van der Waals surface area contributed by atoms with Crippen molar-refractivity contribution in [2.75, 3.05) is 0 Å². The van der Waals surface area contributed by atoms with Gasteiger partial charge in [0.05, 0.1) is 0 Å².